The van der Waals surface area contributed by atoms with Gasteiger partial charge in [-0.05, 0) is 30.7 Å². The number of hydrogen-bond acceptors (Lipinski definition) is 4. The molecule has 112 valence electrons. The van der Waals surface area contributed by atoms with E-state index in [9.17, 15) is 9.18 Å². The summed E-state index contributed by atoms with van der Waals surface area (Å²) in [5.41, 5.74) is 1.77. The van der Waals surface area contributed by atoms with Gasteiger partial charge in [-0.1, -0.05) is 12.1 Å². The average Bonchev–Trinajstić information content (AvgIpc) is 3.10. The number of nitrogens with one attached hydrogen (secondary N) is 1. The van der Waals surface area contributed by atoms with Crippen molar-refractivity contribution in [2.24, 2.45) is 0 Å². The molecule has 0 saturated heterocycles. The minimum Gasteiger partial charge on any atom is -0.459 e. The van der Waals surface area contributed by atoms with Gasteiger partial charge in [-0.15, -0.1) is 11.3 Å². The van der Waals surface area contributed by atoms with E-state index in [4.69, 9.17) is 4.42 Å². The van der Waals surface area contributed by atoms with E-state index in [1.54, 1.807) is 31.3 Å². The van der Waals surface area contributed by atoms with Gasteiger partial charge in [-0.2, -0.15) is 0 Å². The Hall–Kier alpha value is -2.47. The van der Waals surface area contributed by atoms with Crippen LogP contribution in [0.2, 0.25) is 0 Å². The number of thiazole rings is 1. The van der Waals surface area contributed by atoms with E-state index in [2.05, 4.69) is 10.3 Å². The number of nitrogens with zero attached hydrogens (tertiary/aromatic N) is 1. The molecule has 0 aliphatic rings. The highest BCUT2D eigenvalue weighted by Crippen LogP contribution is 2.22. The lowest BCUT2D eigenvalue weighted by molar-refractivity contribution is 0.0996. The third kappa shape index (κ3) is 3.23. The number of carbonyl (C=O) groups is 1. The van der Waals surface area contributed by atoms with Crippen LogP contribution in [0.5, 0.6) is 0 Å². The summed E-state index contributed by atoms with van der Waals surface area (Å²) < 4.78 is 18.0. The molecule has 1 aromatic carbocycles. The van der Waals surface area contributed by atoms with Crippen molar-refractivity contribution in [3.05, 3.63) is 70.4 Å². The molecule has 0 bridgehead atoms. The van der Waals surface area contributed by atoms with Crippen molar-refractivity contribution in [2.45, 2.75) is 13.3 Å². The summed E-state index contributed by atoms with van der Waals surface area (Å²) in [5.74, 6) is -0.282. The molecule has 0 saturated carbocycles. The normalized spacial score (nSPS) is 10.6. The Balaban J connectivity index is 1.67. The molecule has 1 amide bonds. The van der Waals surface area contributed by atoms with E-state index >= 15 is 0 Å². The summed E-state index contributed by atoms with van der Waals surface area (Å²) in [6, 6.07) is 8.06. The third-order valence-electron chi connectivity index (χ3n) is 3.13. The minimum absolute atomic E-state index is 0.255. The van der Waals surface area contributed by atoms with Crippen molar-refractivity contribution < 1.29 is 13.6 Å². The monoisotopic (exact) mass is 316 g/mol. The van der Waals surface area contributed by atoms with Crippen molar-refractivity contribution in [1.82, 2.24) is 4.98 Å². The Morgan fingerprint density at radius 2 is 2.09 bits per heavy atom. The van der Waals surface area contributed by atoms with E-state index in [0.29, 0.717) is 11.6 Å². The summed E-state index contributed by atoms with van der Waals surface area (Å²) in [4.78, 5) is 17.2. The Morgan fingerprint density at radius 3 is 2.77 bits per heavy atom. The number of rotatable bonds is 4. The van der Waals surface area contributed by atoms with Crippen LogP contribution in [0.4, 0.5) is 9.52 Å². The van der Waals surface area contributed by atoms with Gasteiger partial charge in [-0.25, -0.2) is 9.37 Å². The molecule has 0 radical (unpaired) electrons. The largest absolute Gasteiger partial charge is 0.459 e. The molecular formula is C16H13FN2O2S. The van der Waals surface area contributed by atoms with Crippen LogP contribution in [0.1, 0.15) is 26.6 Å². The molecule has 3 aromatic rings. The Labute approximate surface area is 130 Å². The molecule has 22 heavy (non-hydrogen) atoms. The maximum absolute atomic E-state index is 12.9. The van der Waals surface area contributed by atoms with Gasteiger partial charge >= 0.3 is 0 Å². The van der Waals surface area contributed by atoms with Gasteiger partial charge in [0, 0.05) is 23.1 Å². The molecule has 3 rings (SSSR count). The smallest absolute Gasteiger partial charge is 0.293 e. The fourth-order valence-electron chi connectivity index (χ4n) is 2.01. The number of hydrogen-bond donors (Lipinski definition) is 1. The summed E-state index contributed by atoms with van der Waals surface area (Å²) in [6.07, 6.45) is 3.83. The maximum Gasteiger partial charge on any atom is 0.293 e. The topological polar surface area (TPSA) is 55.1 Å². The Kier molecular flexibility index (Phi) is 4.02. The molecule has 6 heteroatoms. The molecule has 2 heterocycles. The molecule has 4 nitrogen and oxygen atoms in total. The molecule has 0 fully saturated rings. The first-order valence-electron chi connectivity index (χ1n) is 6.66. The fraction of sp³-hybridized carbons (Fsp3) is 0.125. The highest BCUT2D eigenvalue weighted by Gasteiger charge is 2.14. The molecule has 0 spiro atoms. The van der Waals surface area contributed by atoms with Crippen LogP contribution >= 0.6 is 11.3 Å². The zero-order chi connectivity index (χ0) is 15.5. The van der Waals surface area contributed by atoms with Crippen LogP contribution in [0.15, 0.2) is 47.2 Å². The highest BCUT2D eigenvalue weighted by atomic mass is 32.1. The predicted molar refractivity (Wildman–Crippen MR) is 82.7 cm³/mol. The van der Waals surface area contributed by atoms with E-state index in [1.165, 1.54) is 29.7 Å². The van der Waals surface area contributed by atoms with Gasteiger partial charge < -0.3 is 4.42 Å². The number of furan rings is 1. The molecular weight excluding hydrogens is 303 g/mol. The molecule has 2 aromatic heterocycles. The lowest BCUT2D eigenvalue weighted by atomic mass is 10.1. The van der Waals surface area contributed by atoms with Crippen molar-refractivity contribution in [3.63, 3.8) is 0 Å². The summed E-state index contributed by atoms with van der Waals surface area (Å²) in [5, 5.41) is 3.23. The lowest BCUT2D eigenvalue weighted by Crippen LogP contribution is -2.11. The summed E-state index contributed by atoms with van der Waals surface area (Å²) in [7, 11) is 0. The second-order valence-corrected chi connectivity index (χ2v) is 5.94. The van der Waals surface area contributed by atoms with Crippen molar-refractivity contribution in [1.29, 1.82) is 0 Å². The third-order valence-corrected chi connectivity index (χ3v) is 4.05. The van der Waals surface area contributed by atoms with Gasteiger partial charge in [0.05, 0.1) is 6.26 Å². The van der Waals surface area contributed by atoms with E-state index < -0.39 is 0 Å². The zero-order valence-corrected chi connectivity index (χ0v) is 12.6. The van der Waals surface area contributed by atoms with Gasteiger partial charge in [0.25, 0.3) is 5.91 Å². The van der Waals surface area contributed by atoms with Crippen LogP contribution < -0.4 is 5.32 Å². The van der Waals surface area contributed by atoms with E-state index in [-0.39, 0.29) is 17.5 Å². The first kappa shape index (κ1) is 14.5. The fourth-order valence-corrected chi connectivity index (χ4v) is 2.85. The molecule has 0 unspecified atom stereocenters. The average molecular weight is 316 g/mol. The van der Waals surface area contributed by atoms with Gasteiger partial charge in [0.15, 0.2) is 10.9 Å². The van der Waals surface area contributed by atoms with Crippen LogP contribution in [-0.4, -0.2) is 10.9 Å². The number of aromatic nitrogens is 1. The standard InChI is InChI=1S/C16H13FN2O2S/c1-10-6-7-21-14(10)15(20)19-16-18-9-13(22-16)8-11-2-4-12(17)5-3-11/h2-7,9H,8H2,1H3,(H,18,19,20). The van der Waals surface area contributed by atoms with Gasteiger partial charge in [0.2, 0.25) is 0 Å². The Bertz CT molecular complexity index is 793. The molecule has 1 N–H and O–H groups in total. The van der Waals surface area contributed by atoms with Crippen LogP contribution in [-0.2, 0) is 6.42 Å². The molecule has 0 aliphatic carbocycles. The van der Waals surface area contributed by atoms with E-state index in [1.807, 2.05) is 0 Å². The van der Waals surface area contributed by atoms with E-state index in [0.717, 1.165) is 16.0 Å². The zero-order valence-electron chi connectivity index (χ0n) is 11.8. The number of aryl methyl sites for hydroxylation is 1. The van der Waals surface area contributed by atoms with Crippen LogP contribution in [0.25, 0.3) is 0 Å². The van der Waals surface area contributed by atoms with Crippen LogP contribution in [0, 0.1) is 12.7 Å². The van der Waals surface area contributed by atoms with Crippen LogP contribution in [0.3, 0.4) is 0 Å². The molecule has 0 aliphatic heterocycles. The number of anilines is 1. The highest BCUT2D eigenvalue weighted by molar-refractivity contribution is 7.15. The van der Waals surface area contributed by atoms with Gasteiger partial charge in [0.1, 0.15) is 5.82 Å². The number of amides is 1. The summed E-state index contributed by atoms with van der Waals surface area (Å²) in [6.45, 7) is 1.81. The summed E-state index contributed by atoms with van der Waals surface area (Å²) >= 11 is 1.38. The maximum atomic E-state index is 12.9. The predicted octanol–water partition coefficient (Wildman–Crippen LogP) is 4.03. The van der Waals surface area contributed by atoms with Crippen molar-refractivity contribution in [2.75, 3.05) is 5.32 Å². The quantitative estimate of drug-likeness (QED) is 0.790. The first-order chi connectivity index (χ1) is 10.6. The van der Waals surface area contributed by atoms with Gasteiger partial charge in [-0.3, -0.25) is 10.1 Å². The number of halogens is 1. The second kappa shape index (κ2) is 6.11. The minimum atomic E-state index is -0.315. The molecule has 0 atom stereocenters. The Morgan fingerprint density at radius 1 is 1.32 bits per heavy atom. The number of benzene rings is 1. The number of carbonyl (C=O) groups excluding carboxylic acids is 1. The van der Waals surface area contributed by atoms with Crippen molar-refractivity contribution >= 4 is 22.4 Å². The second-order valence-electron chi connectivity index (χ2n) is 4.82. The SMILES string of the molecule is Cc1ccoc1C(=O)Nc1ncc(Cc2ccc(F)cc2)s1. The lowest BCUT2D eigenvalue weighted by Gasteiger charge is -1.99. The van der Waals surface area contributed by atoms with Crippen molar-refractivity contribution in [3.8, 4) is 0 Å². The first-order valence-corrected chi connectivity index (χ1v) is 7.48.